The van der Waals surface area contributed by atoms with Crippen LogP contribution in [-0.2, 0) is 30.2 Å². The Bertz CT molecular complexity index is 695. The third kappa shape index (κ3) is 2.72. The van der Waals surface area contributed by atoms with Gasteiger partial charge in [-0.2, -0.15) is 4.31 Å². The highest BCUT2D eigenvalue weighted by Gasteiger charge is 2.25. The van der Waals surface area contributed by atoms with Crippen molar-refractivity contribution in [2.45, 2.75) is 18.0 Å². The van der Waals surface area contributed by atoms with Crippen molar-refractivity contribution in [1.29, 1.82) is 0 Å². The van der Waals surface area contributed by atoms with E-state index < -0.39 is 10.0 Å². The van der Waals surface area contributed by atoms with Gasteiger partial charge in [0.15, 0.2) is 0 Å². The largest absolute Gasteiger partial charge is 0.337 e. The molecule has 0 aromatic carbocycles. The maximum atomic E-state index is 12.5. The Morgan fingerprint density at radius 1 is 1.35 bits per heavy atom. The smallest absolute Gasteiger partial charge is 0.245 e. The molecule has 0 aliphatic carbocycles. The van der Waals surface area contributed by atoms with Crippen LogP contribution in [0.25, 0.3) is 0 Å². The first-order valence-corrected chi connectivity index (χ1v) is 7.47. The quantitative estimate of drug-likeness (QED) is 0.844. The summed E-state index contributed by atoms with van der Waals surface area (Å²) in [6, 6.07) is 3.10. The second-order valence-corrected chi connectivity index (χ2v) is 6.38. The van der Waals surface area contributed by atoms with Crippen LogP contribution >= 0.6 is 0 Å². The Kier molecular flexibility index (Phi) is 4.17. The van der Waals surface area contributed by atoms with Gasteiger partial charge in [0.25, 0.3) is 0 Å². The van der Waals surface area contributed by atoms with E-state index in [4.69, 9.17) is 5.73 Å². The standard InChI is InChI=1S/C12H17N5O2S/c1-16-7-6-15-12(16)9-17(2)20(18,19)11-4-3-5-14-10(11)8-13/h3-7H,8-9,13H2,1-2H3. The van der Waals surface area contributed by atoms with Gasteiger partial charge < -0.3 is 10.3 Å². The van der Waals surface area contributed by atoms with Gasteiger partial charge in [-0.25, -0.2) is 13.4 Å². The van der Waals surface area contributed by atoms with E-state index in [1.54, 1.807) is 23.0 Å². The third-order valence-corrected chi connectivity index (χ3v) is 4.89. The average molecular weight is 295 g/mol. The van der Waals surface area contributed by atoms with Gasteiger partial charge in [-0.15, -0.1) is 0 Å². The molecule has 20 heavy (non-hydrogen) atoms. The van der Waals surface area contributed by atoms with Crippen LogP contribution < -0.4 is 5.73 Å². The lowest BCUT2D eigenvalue weighted by atomic mass is 10.3. The van der Waals surface area contributed by atoms with E-state index in [0.717, 1.165) is 0 Å². The second-order valence-electron chi connectivity index (χ2n) is 4.37. The van der Waals surface area contributed by atoms with Crippen molar-refractivity contribution in [3.63, 3.8) is 0 Å². The number of hydrogen-bond donors (Lipinski definition) is 1. The summed E-state index contributed by atoms with van der Waals surface area (Å²) in [7, 11) is -0.308. The van der Waals surface area contributed by atoms with Gasteiger partial charge >= 0.3 is 0 Å². The molecule has 0 fully saturated rings. The van der Waals surface area contributed by atoms with Gasteiger partial charge in [0, 0.05) is 39.2 Å². The van der Waals surface area contributed by atoms with Gasteiger partial charge in [-0.3, -0.25) is 4.98 Å². The summed E-state index contributed by atoms with van der Waals surface area (Å²) < 4.78 is 28.1. The van der Waals surface area contributed by atoms with Crippen molar-refractivity contribution in [2.24, 2.45) is 12.8 Å². The molecular formula is C12H17N5O2S. The van der Waals surface area contributed by atoms with Crippen molar-refractivity contribution in [1.82, 2.24) is 18.8 Å². The molecule has 0 aliphatic heterocycles. The average Bonchev–Trinajstić information content (AvgIpc) is 2.84. The van der Waals surface area contributed by atoms with Gasteiger partial charge in [-0.1, -0.05) is 0 Å². The Morgan fingerprint density at radius 2 is 2.10 bits per heavy atom. The minimum Gasteiger partial charge on any atom is -0.337 e. The minimum absolute atomic E-state index is 0.0750. The first-order valence-electron chi connectivity index (χ1n) is 6.03. The zero-order valence-electron chi connectivity index (χ0n) is 11.4. The zero-order valence-corrected chi connectivity index (χ0v) is 12.2. The fourth-order valence-corrected chi connectivity index (χ4v) is 3.12. The highest BCUT2D eigenvalue weighted by atomic mass is 32.2. The number of nitrogens with two attached hydrogens (primary N) is 1. The predicted octanol–water partition coefficient (Wildman–Crippen LogP) is 0.0945. The molecule has 0 aliphatic rings. The number of imidazole rings is 1. The molecule has 0 radical (unpaired) electrons. The van der Waals surface area contributed by atoms with Gasteiger partial charge in [0.2, 0.25) is 10.0 Å². The van der Waals surface area contributed by atoms with E-state index in [0.29, 0.717) is 11.5 Å². The van der Waals surface area contributed by atoms with Crippen LogP contribution in [-0.4, -0.2) is 34.3 Å². The van der Waals surface area contributed by atoms with E-state index in [1.807, 2.05) is 7.05 Å². The van der Waals surface area contributed by atoms with E-state index in [2.05, 4.69) is 9.97 Å². The van der Waals surface area contributed by atoms with Crippen LogP contribution in [0.2, 0.25) is 0 Å². The van der Waals surface area contributed by atoms with Gasteiger partial charge in [-0.05, 0) is 12.1 Å². The van der Waals surface area contributed by atoms with E-state index in [1.165, 1.54) is 23.6 Å². The molecule has 0 atom stereocenters. The molecule has 8 heteroatoms. The minimum atomic E-state index is -3.64. The monoisotopic (exact) mass is 295 g/mol. The second kappa shape index (κ2) is 5.70. The van der Waals surface area contributed by atoms with Crippen molar-refractivity contribution < 1.29 is 8.42 Å². The maximum absolute atomic E-state index is 12.5. The molecule has 7 nitrogen and oxygen atoms in total. The topological polar surface area (TPSA) is 94.1 Å². The third-order valence-electron chi connectivity index (χ3n) is 3.02. The molecule has 0 saturated carbocycles. The summed E-state index contributed by atoms with van der Waals surface area (Å²) in [5, 5.41) is 0. The number of pyridine rings is 1. The highest BCUT2D eigenvalue weighted by Crippen LogP contribution is 2.18. The van der Waals surface area contributed by atoms with Crippen molar-refractivity contribution in [2.75, 3.05) is 7.05 Å². The molecule has 0 unspecified atom stereocenters. The lowest BCUT2D eigenvalue weighted by Crippen LogP contribution is -2.29. The molecule has 0 bridgehead atoms. The first-order chi connectivity index (χ1) is 9.46. The van der Waals surface area contributed by atoms with Crippen molar-refractivity contribution >= 4 is 10.0 Å². The van der Waals surface area contributed by atoms with Gasteiger partial charge in [0.05, 0.1) is 12.2 Å². The lowest BCUT2D eigenvalue weighted by molar-refractivity contribution is 0.450. The van der Waals surface area contributed by atoms with E-state index in [-0.39, 0.29) is 18.0 Å². The number of sulfonamides is 1. The lowest BCUT2D eigenvalue weighted by Gasteiger charge is -2.18. The van der Waals surface area contributed by atoms with Crippen LogP contribution in [0, 0.1) is 0 Å². The molecule has 0 saturated heterocycles. The van der Waals surface area contributed by atoms with Crippen LogP contribution in [0.15, 0.2) is 35.6 Å². The number of aryl methyl sites for hydroxylation is 1. The van der Waals surface area contributed by atoms with Crippen LogP contribution in [0.1, 0.15) is 11.5 Å². The Labute approximate surface area is 118 Å². The van der Waals surface area contributed by atoms with Crippen molar-refractivity contribution in [3.05, 3.63) is 42.2 Å². The normalized spacial score (nSPS) is 12.0. The first kappa shape index (κ1) is 14.6. The summed E-state index contributed by atoms with van der Waals surface area (Å²) in [6.45, 7) is 0.260. The molecule has 2 N–H and O–H groups in total. The molecule has 2 aromatic heterocycles. The Hall–Kier alpha value is -1.77. The van der Waals surface area contributed by atoms with Crippen LogP contribution in [0.5, 0.6) is 0 Å². The van der Waals surface area contributed by atoms with E-state index >= 15 is 0 Å². The zero-order chi connectivity index (χ0) is 14.8. The molecular weight excluding hydrogens is 278 g/mol. The summed E-state index contributed by atoms with van der Waals surface area (Å²) >= 11 is 0. The molecule has 0 spiro atoms. The number of nitrogens with zero attached hydrogens (tertiary/aromatic N) is 4. The predicted molar refractivity (Wildman–Crippen MR) is 74.0 cm³/mol. The van der Waals surface area contributed by atoms with Crippen LogP contribution in [0.3, 0.4) is 0 Å². The molecule has 2 heterocycles. The maximum Gasteiger partial charge on any atom is 0.245 e. The molecule has 2 rings (SSSR count). The summed E-state index contributed by atoms with van der Waals surface area (Å²) in [4.78, 5) is 8.27. The molecule has 2 aromatic rings. The SMILES string of the molecule is CN(Cc1nccn1C)S(=O)(=O)c1cccnc1CN. The molecule has 0 amide bonds. The number of rotatable bonds is 5. The number of hydrogen-bond acceptors (Lipinski definition) is 5. The Balaban J connectivity index is 2.32. The van der Waals surface area contributed by atoms with Gasteiger partial charge in [0.1, 0.15) is 10.7 Å². The summed E-state index contributed by atoms with van der Waals surface area (Å²) in [5.41, 5.74) is 5.91. The highest BCUT2D eigenvalue weighted by molar-refractivity contribution is 7.89. The molecule has 108 valence electrons. The fourth-order valence-electron chi connectivity index (χ4n) is 1.81. The fraction of sp³-hybridized carbons (Fsp3) is 0.333. The van der Waals surface area contributed by atoms with Crippen molar-refractivity contribution in [3.8, 4) is 0 Å². The van der Waals surface area contributed by atoms with Crippen LogP contribution in [0.4, 0.5) is 0 Å². The summed E-state index contributed by atoms with van der Waals surface area (Å²) in [6.07, 6.45) is 4.93. The number of aromatic nitrogens is 3. The Morgan fingerprint density at radius 3 is 2.70 bits per heavy atom. The van der Waals surface area contributed by atoms with E-state index in [9.17, 15) is 8.42 Å². The summed E-state index contributed by atoms with van der Waals surface area (Å²) in [5.74, 6) is 0.661.